The molecule has 0 heterocycles. The fourth-order valence-electron chi connectivity index (χ4n) is 1.06. The molecule has 0 saturated heterocycles. The number of aliphatic hydroxyl groups excluding tert-OH is 2. The third kappa shape index (κ3) is 12.7. The molecule has 0 bridgehead atoms. The Hall–Kier alpha value is -1.06. The highest BCUT2D eigenvalue weighted by Gasteiger charge is 2.01. The lowest BCUT2D eigenvalue weighted by Gasteiger charge is -2.09. The summed E-state index contributed by atoms with van der Waals surface area (Å²) in [6.07, 6.45) is 4.16. The zero-order valence-electron chi connectivity index (χ0n) is 12.5. The maximum absolute atomic E-state index is 10.3. The molecule has 126 valence electrons. The topological polar surface area (TPSA) is 121 Å². The summed E-state index contributed by atoms with van der Waals surface area (Å²) in [5.41, 5.74) is -0.727. The molecular weight excluding hydrogens is 326 g/mol. The van der Waals surface area contributed by atoms with E-state index in [1.807, 2.05) is 18.5 Å². The summed E-state index contributed by atoms with van der Waals surface area (Å²) >= 11 is 0. The summed E-state index contributed by atoms with van der Waals surface area (Å²) in [6.45, 7) is 0.701. The highest BCUT2D eigenvalue weighted by Crippen LogP contribution is 2.05. The third-order valence-corrected chi connectivity index (χ3v) is 3.18. The van der Waals surface area contributed by atoms with Crippen molar-refractivity contribution in [2.75, 3.05) is 25.5 Å². The first kappa shape index (κ1) is 23.2. The van der Waals surface area contributed by atoms with Crippen molar-refractivity contribution < 1.29 is 30.0 Å². The zero-order valence-corrected chi connectivity index (χ0v) is 15.3. The van der Waals surface area contributed by atoms with Crippen LogP contribution < -0.4 is 10.2 Å². The van der Waals surface area contributed by atoms with Crippen molar-refractivity contribution in [1.82, 2.24) is 0 Å². The maximum Gasteiger partial charge on any atom is 0.0721 e. The number of carbonyl (C=O) groups is 2. The van der Waals surface area contributed by atoms with Crippen molar-refractivity contribution >= 4 is 30.4 Å². The first-order chi connectivity index (χ1) is 10.5. The molecule has 0 spiro atoms. The highest BCUT2D eigenvalue weighted by molar-refractivity contribution is 7.16. The number of hydrogen-bond donors (Lipinski definition) is 2. The number of carbonyl (C=O) groups excluding carboxylic acids is 2. The van der Waals surface area contributed by atoms with Crippen LogP contribution in [0.15, 0.2) is 24.3 Å². The minimum Gasteiger partial charge on any atom is -0.545 e. The van der Waals surface area contributed by atoms with Gasteiger partial charge in [-0.05, 0) is 18.5 Å². The summed E-state index contributed by atoms with van der Waals surface area (Å²) in [7, 11) is 3.78. The molecule has 8 heteroatoms. The highest BCUT2D eigenvalue weighted by atomic mass is 31.0. The van der Waals surface area contributed by atoms with E-state index < -0.39 is 11.9 Å². The minimum absolute atomic E-state index is 0.351. The van der Waals surface area contributed by atoms with Gasteiger partial charge in [-0.25, -0.2) is 0 Å². The summed E-state index contributed by atoms with van der Waals surface area (Å²) in [4.78, 5) is 20.6. The van der Waals surface area contributed by atoms with Crippen molar-refractivity contribution in [3.05, 3.63) is 35.4 Å². The fourth-order valence-corrected chi connectivity index (χ4v) is 1.51. The molecule has 6 nitrogen and oxygen atoms in total. The number of aliphatic hydroxyl groups is 2. The van der Waals surface area contributed by atoms with Crippen LogP contribution in [-0.4, -0.2) is 47.7 Å². The van der Waals surface area contributed by atoms with Crippen LogP contribution in [0.25, 0.3) is 0 Å². The van der Waals surface area contributed by atoms with Crippen molar-refractivity contribution in [2.24, 2.45) is 0 Å². The van der Waals surface area contributed by atoms with Crippen LogP contribution in [0.2, 0.25) is 0 Å². The van der Waals surface area contributed by atoms with Crippen molar-refractivity contribution in [3.63, 3.8) is 0 Å². The van der Waals surface area contributed by atoms with Gasteiger partial charge in [-0.3, -0.25) is 0 Å². The average Bonchev–Trinajstić information content (AvgIpc) is 2.50. The zero-order chi connectivity index (χ0) is 17.4. The average molecular weight is 350 g/mol. The Kier molecular flexibility index (Phi) is 17.2. The number of carboxylic acid groups (broad SMARTS) is 2. The summed E-state index contributed by atoms with van der Waals surface area (Å²) < 4.78 is 0. The van der Waals surface area contributed by atoms with E-state index in [0.717, 1.165) is 37.3 Å². The van der Waals surface area contributed by atoms with Gasteiger partial charge in [0.05, 0.1) is 24.3 Å². The summed E-state index contributed by atoms with van der Waals surface area (Å²) in [5.74, 6) is -3.04. The van der Waals surface area contributed by atoms with Gasteiger partial charge in [0.1, 0.15) is 0 Å². The van der Waals surface area contributed by atoms with Gasteiger partial charge in [0.25, 0.3) is 0 Å². The lowest BCUT2D eigenvalue weighted by molar-refractivity contribution is -0.259. The Morgan fingerprint density at radius 1 is 0.864 bits per heavy atom. The second-order valence-electron chi connectivity index (χ2n) is 3.98. The normalized spacial score (nSPS) is 9.18. The quantitative estimate of drug-likeness (QED) is 0.594. The molecule has 0 aliphatic carbocycles. The third-order valence-electron chi connectivity index (χ3n) is 2.18. The van der Waals surface area contributed by atoms with Crippen LogP contribution in [0.5, 0.6) is 0 Å². The molecule has 0 aliphatic rings. The van der Waals surface area contributed by atoms with Gasteiger partial charge in [0, 0.05) is 37.2 Å². The van der Waals surface area contributed by atoms with Crippen molar-refractivity contribution in [2.45, 2.75) is 12.8 Å². The van der Waals surface area contributed by atoms with E-state index in [9.17, 15) is 19.8 Å². The Morgan fingerprint density at radius 2 is 1.18 bits per heavy atom. The monoisotopic (exact) mass is 350 g/mol. The molecule has 2 atom stereocenters. The Balaban J connectivity index is 0. The van der Waals surface area contributed by atoms with Crippen LogP contribution >= 0.6 is 18.5 Å². The summed E-state index contributed by atoms with van der Waals surface area (Å²) in [6, 6.07) is 5.14. The predicted octanol–water partition coefficient (Wildman–Crippen LogP) is -1.63. The Labute approximate surface area is 135 Å². The Morgan fingerprint density at radius 3 is 1.32 bits per heavy atom. The maximum atomic E-state index is 10.3. The van der Waals surface area contributed by atoms with Gasteiger partial charge < -0.3 is 30.0 Å². The molecule has 1 aromatic carbocycles. The van der Waals surface area contributed by atoms with E-state index in [-0.39, 0.29) is 11.1 Å². The number of rotatable bonds is 6. The molecule has 0 aliphatic heterocycles. The van der Waals surface area contributed by atoms with Crippen LogP contribution in [0.4, 0.5) is 0 Å². The molecule has 2 N–H and O–H groups in total. The van der Waals surface area contributed by atoms with Gasteiger partial charge in [-0.1, -0.05) is 24.3 Å². The lowest BCUT2D eigenvalue weighted by atomic mass is 10.1. The predicted molar refractivity (Wildman–Crippen MR) is 90.5 cm³/mol. The van der Waals surface area contributed by atoms with Crippen LogP contribution in [0.1, 0.15) is 33.6 Å². The molecule has 2 unspecified atom stereocenters. The molecule has 0 amide bonds. The smallest absolute Gasteiger partial charge is 0.0721 e. The number of carboxylic acids is 2. The number of benzene rings is 1. The number of hydrogen-bond acceptors (Lipinski definition) is 6. The van der Waals surface area contributed by atoms with Crippen LogP contribution in [0, 0.1) is 0 Å². The first-order valence-electron chi connectivity index (χ1n) is 6.78. The van der Waals surface area contributed by atoms with Crippen molar-refractivity contribution in [1.29, 1.82) is 0 Å². The molecule has 0 fully saturated rings. The molecule has 0 saturated carbocycles. The van der Waals surface area contributed by atoms with Crippen LogP contribution in [0.3, 0.4) is 0 Å². The fraction of sp³-hybridized carbons (Fsp3) is 0.429. The lowest BCUT2D eigenvalue weighted by Crippen LogP contribution is -2.29. The van der Waals surface area contributed by atoms with E-state index in [4.69, 9.17) is 10.2 Å². The van der Waals surface area contributed by atoms with Gasteiger partial charge in [-0.15, -0.1) is 0 Å². The largest absolute Gasteiger partial charge is 0.545 e. The van der Waals surface area contributed by atoms with Gasteiger partial charge in [0.15, 0.2) is 0 Å². The van der Waals surface area contributed by atoms with E-state index in [0.29, 0.717) is 13.2 Å². The Bertz CT molecular complexity index is 383. The van der Waals surface area contributed by atoms with E-state index >= 15 is 0 Å². The van der Waals surface area contributed by atoms with E-state index in [1.54, 1.807) is 0 Å². The summed E-state index contributed by atoms with van der Waals surface area (Å²) in [5, 5.41) is 36.8. The first-order valence-corrected chi connectivity index (χ1v) is 8.78. The molecule has 0 aromatic heterocycles. The minimum atomic E-state index is -1.52. The standard InChI is InChI=1S/C8H6O4.2C3H9OP/c9-7(10)5-3-1-2-4-6(5)8(11)12;2*4-2-1-3-5/h1-4H,(H,9,10)(H,11,12);2*4H,1-3,5H2. The van der Waals surface area contributed by atoms with E-state index in [2.05, 4.69) is 0 Å². The SMILES string of the molecule is O=C([O-])c1ccccc1C(=O)[O-].OCCC[PH3+].OCCC[PH3+]. The number of aromatic carboxylic acids is 2. The van der Waals surface area contributed by atoms with Crippen LogP contribution in [-0.2, 0) is 0 Å². The molecule has 22 heavy (non-hydrogen) atoms. The van der Waals surface area contributed by atoms with E-state index in [1.165, 1.54) is 12.1 Å². The van der Waals surface area contributed by atoms with Gasteiger partial charge in [-0.2, -0.15) is 0 Å². The van der Waals surface area contributed by atoms with Crippen molar-refractivity contribution in [3.8, 4) is 0 Å². The second kappa shape index (κ2) is 16.3. The molecular formula is C14H24O6P2. The molecule has 1 aromatic rings. The van der Waals surface area contributed by atoms with Gasteiger partial charge >= 0.3 is 0 Å². The second-order valence-corrected chi connectivity index (χ2v) is 5.40. The molecule has 0 radical (unpaired) electrons. The molecule has 1 rings (SSSR count). The van der Waals surface area contributed by atoms with Gasteiger partial charge in [0.2, 0.25) is 0 Å².